The molecule has 1 saturated heterocycles. The van der Waals surface area contributed by atoms with E-state index in [4.69, 9.17) is 9.47 Å². The maximum Gasteiger partial charge on any atom is 0.269 e. The van der Waals surface area contributed by atoms with E-state index < -0.39 is 4.92 Å². The molecule has 2 rings (SSSR count). The predicted octanol–water partition coefficient (Wildman–Crippen LogP) is 0.906. The lowest BCUT2D eigenvalue weighted by Crippen LogP contribution is -2.49. The number of hydrogen-bond donors (Lipinski definition) is 0. The van der Waals surface area contributed by atoms with Crippen molar-refractivity contribution in [1.29, 1.82) is 0 Å². The van der Waals surface area contributed by atoms with Crippen LogP contribution in [0.4, 0.5) is 11.4 Å². The van der Waals surface area contributed by atoms with Gasteiger partial charge in [-0.1, -0.05) is 0 Å². The van der Waals surface area contributed by atoms with E-state index >= 15 is 0 Å². The van der Waals surface area contributed by atoms with Crippen molar-refractivity contribution in [1.82, 2.24) is 4.90 Å². The molecule has 0 aromatic heterocycles. The van der Waals surface area contributed by atoms with Crippen LogP contribution in [-0.2, 0) is 14.3 Å². The van der Waals surface area contributed by atoms with E-state index in [2.05, 4.69) is 4.90 Å². The Balaban J connectivity index is 1.79. The van der Waals surface area contributed by atoms with Gasteiger partial charge >= 0.3 is 0 Å². The molecule has 8 heteroatoms. The van der Waals surface area contributed by atoms with Gasteiger partial charge in [-0.05, 0) is 12.1 Å². The molecule has 23 heavy (non-hydrogen) atoms. The van der Waals surface area contributed by atoms with Gasteiger partial charge in [0.15, 0.2) is 0 Å². The number of nitro groups is 1. The average Bonchev–Trinajstić information content (AvgIpc) is 2.59. The van der Waals surface area contributed by atoms with Crippen molar-refractivity contribution >= 4 is 17.3 Å². The van der Waals surface area contributed by atoms with Crippen LogP contribution < -0.4 is 4.90 Å². The van der Waals surface area contributed by atoms with Gasteiger partial charge in [0.05, 0.1) is 18.1 Å². The molecule has 0 saturated carbocycles. The molecule has 8 nitrogen and oxygen atoms in total. The van der Waals surface area contributed by atoms with Crippen LogP contribution >= 0.6 is 0 Å². The molecule has 1 aromatic rings. The first-order chi connectivity index (χ1) is 11.1. The molecule has 0 atom stereocenters. The molecule has 1 amide bonds. The van der Waals surface area contributed by atoms with E-state index in [1.807, 2.05) is 0 Å². The minimum atomic E-state index is -0.413. The van der Waals surface area contributed by atoms with Gasteiger partial charge in [0, 0.05) is 51.1 Å². The van der Waals surface area contributed by atoms with Gasteiger partial charge in [-0.25, -0.2) is 0 Å². The fourth-order valence-electron chi connectivity index (χ4n) is 2.39. The summed E-state index contributed by atoms with van der Waals surface area (Å²) < 4.78 is 10.1. The lowest BCUT2D eigenvalue weighted by Gasteiger charge is -2.36. The summed E-state index contributed by atoms with van der Waals surface area (Å²) in [5, 5.41) is 10.7. The summed E-state index contributed by atoms with van der Waals surface area (Å²) in [6.45, 7) is 3.57. The number of methoxy groups -OCH3 is 1. The second kappa shape index (κ2) is 8.44. The number of ether oxygens (including phenoxy) is 2. The maximum atomic E-state index is 12.0. The summed E-state index contributed by atoms with van der Waals surface area (Å²) in [4.78, 5) is 26.1. The molecule has 1 aromatic carbocycles. The number of nitro benzene ring substituents is 1. The molecular weight excluding hydrogens is 302 g/mol. The number of hydrogen-bond acceptors (Lipinski definition) is 6. The van der Waals surface area contributed by atoms with Crippen LogP contribution in [0.15, 0.2) is 24.3 Å². The smallest absolute Gasteiger partial charge is 0.269 e. The highest BCUT2D eigenvalue weighted by atomic mass is 16.6. The molecule has 0 bridgehead atoms. The van der Waals surface area contributed by atoms with Gasteiger partial charge in [0.2, 0.25) is 5.91 Å². The Morgan fingerprint density at radius 3 is 2.39 bits per heavy atom. The van der Waals surface area contributed by atoms with Crippen LogP contribution in [0.3, 0.4) is 0 Å². The van der Waals surface area contributed by atoms with Gasteiger partial charge in [-0.3, -0.25) is 14.9 Å². The topological polar surface area (TPSA) is 85.2 Å². The first-order valence-electron chi connectivity index (χ1n) is 7.45. The average molecular weight is 323 g/mol. The van der Waals surface area contributed by atoms with Crippen LogP contribution in [0.2, 0.25) is 0 Å². The summed E-state index contributed by atoms with van der Waals surface area (Å²) in [6, 6.07) is 6.47. The van der Waals surface area contributed by atoms with E-state index in [0.29, 0.717) is 39.4 Å². The van der Waals surface area contributed by atoms with E-state index in [0.717, 1.165) is 5.69 Å². The molecular formula is C15H21N3O5. The summed E-state index contributed by atoms with van der Waals surface area (Å²) >= 11 is 0. The van der Waals surface area contributed by atoms with E-state index in [1.54, 1.807) is 24.1 Å². The second-order valence-corrected chi connectivity index (χ2v) is 5.19. The zero-order chi connectivity index (χ0) is 16.7. The first kappa shape index (κ1) is 17.2. The Morgan fingerprint density at radius 2 is 1.83 bits per heavy atom. The summed E-state index contributed by atoms with van der Waals surface area (Å²) in [5.74, 6) is -0.0237. The van der Waals surface area contributed by atoms with Crippen molar-refractivity contribution in [3.05, 3.63) is 34.4 Å². The molecule has 1 aliphatic rings. The number of nitrogens with zero attached hydrogens (tertiary/aromatic N) is 3. The summed E-state index contributed by atoms with van der Waals surface area (Å²) in [5.41, 5.74) is 1.01. The molecule has 0 aliphatic carbocycles. The third-order valence-corrected chi connectivity index (χ3v) is 3.72. The predicted molar refractivity (Wildman–Crippen MR) is 84.6 cm³/mol. The van der Waals surface area contributed by atoms with Gasteiger partial charge < -0.3 is 19.3 Å². The number of carbonyl (C=O) groups excluding carboxylic acids is 1. The van der Waals surface area contributed by atoms with Crippen LogP contribution in [0, 0.1) is 10.1 Å². The Bertz CT molecular complexity index is 526. The van der Waals surface area contributed by atoms with Crippen molar-refractivity contribution in [3.8, 4) is 0 Å². The van der Waals surface area contributed by atoms with Crippen molar-refractivity contribution in [2.75, 3.05) is 58.0 Å². The number of amides is 1. The van der Waals surface area contributed by atoms with Crippen LogP contribution in [0.5, 0.6) is 0 Å². The van der Waals surface area contributed by atoms with Gasteiger partial charge in [-0.15, -0.1) is 0 Å². The Labute approximate surface area is 134 Å². The van der Waals surface area contributed by atoms with Crippen molar-refractivity contribution in [2.24, 2.45) is 0 Å². The van der Waals surface area contributed by atoms with Crippen molar-refractivity contribution in [2.45, 2.75) is 0 Å². The fraction of sp³-hybridized carbons (Fsp3) is 0.533. The fourth-order valence-corrected chi connectivity index (χ4v) is 2.39. The number of rotatable bonds is 7. The quantitative estimate of drug-likeness (QED) is 0.421. The minimum Gasteiger partial charge on any atom is -0.382 e. The molecule has 1 aliphatic heterocycles. The standard InChI is InChI=1S/C15H21N3O5/c1-22-10-11-23-12-15(19)17-8-6-16(7-9-17)13-2-4-14(5-3-13)18(20)21/h2-5H,6-12H2,1H3. The first-order valence-corrected chi connectivity index (χ1v) is 7.45. The molecule has 0 N–H and O–H groups in total. The summed E-state index contributed by atoms with van der Waals surface area (Å²) in [7, 11) is 1.59. The highest BCUT2D eigenvalue weighted by molar-refractivity contribution is 5.77. The summed E-state index contributed by atoms with van der Waals surface area (Å²) in [6.07, 6.45) is 0. The molecule has 0 unspecified atom stereocenters. The van der Waals surface area contributed by atoms with E-state index in [-0.39, 0.29) is 18.2 Å². The Hall–Kier alpha value is -2.19. The van der Waals surface area contributed by atoms with Crippen molar-refractivity contribution in [3.63, 3.8) is 0 Å². The van der Waals surface area contributed by atoms with Gasteiger partial charge in [0.1, 0.15) is 6.61 Å². The van der Waals surface area contributed by atoms with Crippen LogP contribution in [-0.4, -0.2) is 68.8 Å². The SMILES string of the molecule is COCCOCC(=O)N1CCN(c2ccc([N+](=O)[O-])cc2)CC1. The molecule has 0 radical (unpaired) electrons. The number of carbonyl (C=O) groups is 1. The highest BCUT2D eigenvalue weighted by Crippen LogP contribution is 2.20. The normalized spacial score (nSPS) is 14.8. The largest absolute Gasteiger partial charge is 0.382 e. The third kappa shape index (κ3) is 4.90. The van der Waals surface area contributed by atoms with Crippen LogP contribution in [0.1, 0.15) is 0 Å². The number of benzene rings is 1. The van der Waals surface area contributed by atoms with Gasteiger partial charge in [0.25, 0.3) is 5.69 Å². The number of piperazine rings is 1. The van der Waals surface area contributed by atoms with Crippen molar-refractivity contribution < 1.29 is 19.2 Å². The maximum absolute atomic E-state index is 12.0. The molecule has 1 fully saturated rings. The zero-order valence-electron chi connectivity index (χ0n) is 13.1. The lowest BCUT2D eigenvalue weighted by atomic mass is 10.2. The zero-order valence-corrected chi connectivity index (χ0v) is 13.1. The second-order valence-electron chi connectivity index (χ2n) is 5.19. The van der Waals surface area contributed by atoms with E-state index in [9.17, 15) is 14.9 Å². The van der Waals surface area contributed by atoms with Gasteiger partial charge in [-0.2, -0.15) is 0 Å². The number of anilines is 1. The Kier molecular flexibility index (Phi) is 6.30. The lowest BCUT2D eigenvalue weighted by molar-refractivity contribution is -0.384. The Morgan fingerprint density at radius 1 is 1.17 bits per heavy atom. The number of non-ortho nitro benzene ring substituents is 1. The molecule has 0 spiro atoms. The van der Waals surface area contributed by atoms with E-state index in [1.165, 1.54) is 12.1 Å². The molecule has 126 valence electrons. The highest BCUT2D eigenvalue weighted by Gasteiger charge is 2.21. The minimum absolute atomic E-state index is 0.0237. The monoisotopic (exact) mass is 323 g/mol. The van der Waals surface area contributed by atoms with Crippen LogP contribution in [0.25, 0.3) is 0 Å². The molecule has 1 heterocycles. The third-order valence-electron chi connectivity index (χ3n) is 3.72.